The van der Waals surface area contributed by atoms with E-state index in [0.717, 1.165) is 18.7 Å². The van der Waals surface area contributed by atoms with Gasteiger partial charge in [0.25, 0.3) is 0 Å². The number of hydrogen-bond acceptors (Lipinski definition) is 2. The summed E-state index contributed by atoms with van der Waals surface area (Å²) in [6, 6.07) is 9.00. The van der Waals surface area contributed by atoms with Crippen LogP contribution in [-0.2, 0) is 16.6 Å². The average Bonchev–Trinajstić information content (AvgIpc) is 2.54. The monoisotopic (exact) mass is 381 g/mol. The van der Waals surface area contributed by atoms with E-state index in [1.54, 1.807) is 0 Å². The van der Waals surface area contributed by atoms with E-state index in [9.17, 15) is 17.2 Å². The zero-order valence-electron chi connectivity index (χ0n) is 14.9. The van der Waals surface area contributed by atoms with Crippen LogP contribution in [0, 0.1) is 25.5 Å². The number of rotatable bonds is 4. The lowest BCUT2D eigenvalue weighted by Crippen LogP contribution is -3.13. The first-order valence-electron chi connectivity index (χ1n) is 8.61. The molecule has 0 aromatic heterocycles. The molecule has 3 rings (SSSR count). The van der Waals surface area contributed by atoms with Crippen LogP contribution in [0.4, 0.5) is 8.78 Å². The Balaban J connectivity index is 1.67. The molecule has 1 heterocycles. The minimum atomic E-state index is -3.94. The minimum Gasteiger partial charge on any atom is -0.329 e. The van der Waals surface area contributed by atoms with Crippen LogP contribution in [0.2, 0.25) is 0 Å². The second-order valence-electron chi connectivity index (χ2n) is 6.90. The second-order valence-corrected chi connectivity index (χ2v) is 8.81. The summed E-state index contributed by atoms with van der Waals surface area (Å²) >= 11 is 0. The van der Waals surface area contributed by atoms with Gasteiger partial charge in [-0.05, 0) is 26.0 Å². The lowest BCUT2D eigenvalue weighted by molar-refractivity contribution is -0.917. The lowest BCUT2D eigenvalue weighted by atomic mass is 10.1. The molecule has 4 nitrogen and oxygen atoms in total. The van der Waals surface area contributed by atoms with E-state index in [0.29, 0.717) is 32.2 Å². The minimum absolute atomic E-state index is 0.319. The molecule has 0 amide bonds. The normalized spacial score (nSPS) is 16.8. The van der Waals surface area contributed by atoms with Crippen LogP contribution in [0.25, 0.3) is 0 Å². The number of aryl methyl sites for hydroxylation is 2. The molecule has 0 aliphatic carbocycles. The van der Waals surface area contributed by atoms with Crippen molar-refractivity contribution in [2.45, 2.75) is 25.3 Å². The maximum atomic E-state index is 13.9. The third-order valence-corrected chi connectivity index (χ3v) is 6.61. The van der Waals surface area contributed by atoms with E-state index < -0.39 is 26.6 Å². The number of nitrogens with one attached hydrogen (secondary N) is 1. The highest BCUT2D eigenvalue weighted by atomic mass is 32.2. The van der Waals surface area contributed by atoms with E-state index in [1.807, 2.05) is 0 Å². The first kappa shape index (κ1) is 18.9. The van der Waals surface area contributed by atoms with Crippen molar-refractivity contribution in [3.63, 3.8) is 0 Å². The summed E-state index contributed by atoms with van der Waals surface area (Å²) in [5, 5.41) is 0. The van der Waals surface area contributed by atoms with Gasteiger partial charge < -0.3 is 4.90 Å². The van der Waals surface area contributed by atoms with Crippen LogP contribution < -0.4 is 4.90 Å². The van der Waals surface area contributed by atoms with Gasteiger partial charge in [-0.3, -0.25) is 0 Å². The van der Waals surface area contributed by atoms with Gasteiger partial charge in [0.2, 0.25) is 10.0 Å². The van der Waals surface area contributed by atoms with Crippen LogP contribution in [0.5, 0.6) is 0 Å². The summed E-state index contributed by atoms with van der Waals surface area (Å²) in [5.41, 5.74) is 3.66. The first-order chi connectivity index (χ1) is 12.3. The summed E-state index contributed by atoms with van der Waals surface area (Å²) < 4.78 is 53.5. The molecule has 26 heavy (non-hydrogen) atoms. The standard InChI is InChI=1S/C19H22F2N2O2S/c1-14-9-15(2)11-16(10-14)13-22-5-7-23(8-6-22)26(24,25)19-4-3-17(20)12-18(19)21/h3-4,9-12H,5-8,13H2,1-2H3/p+1. The smallest absolute Gasteiger partial charge is 0.246 e. The zero-order chi connectivity index (χ0) is 18.9. The van der Waals surface area contributed by atoms with Crippen molar-refractivity contribution >= 4 is 10.0 Å². The van der Waals surface area contributed by atoms with E-state index in [2.05, 4.69) is 32.0 Å². The predicted octanol–water partition coefficient (Wildman–Crippen LogP) is 1.67. The molecule has 7 heteroatoms. The number of sulfonamides is 1. The molecule has 1 N–H and O–H groups in total. The quantitative estimate of drug-likeness (QED) is 0.876. The Hall–Kier alpha value is -1.83. The predicted molar refractivity (Wildman–Crippen MR) is 95.4 cm³/mol. The third kappa shape index (κ3) is 4.11. The number of hydrogen-bond donors (Lipinski definition) is 1. The summed E-state index contributed by atoms with van der Waals surface area (Å²) in [6.45, 7) is 6.89. The van der Waals surface area contributed by atoms with Gasteiger partial charge in [-0.2, -0.15) is 4.31 Å². The first-order valence-corrected chi connectivity index (χ1v) is 10.1. The fourth-order valence-electron chi connectivity index (χ4n) is 3.50. The fraction of sp³-hybridized carbons (Fsp3) is 0.368. The van der Waals surface area contributed by atoms with Gasteiger partial charge in [0, 0.05) is 11.6 Å². The highest BCUT2D eigenvalue weighted by Crippen LogP contribution is 2.20. The van der Waals surface area contributed by atoms with Crippen molar-refractivity contribution in [3.8, 4) is 0 Å². The van der Waals surface area contributed by atoms with Crippen LogP contribution in [-0.4, -0.2) is 38.9 Å². The maximum absolute atomic E-state index is 13.9. The van der Waals surface area contributed by atoms with Gasteiger partial charge in [0.1, 0.15) is 23.1 Å². The van der Waals surface area contributed by atoms with Gasteiger partial charge in [0.15, 0.2) is 0 Å². The molecular weight excluding hydrogens is 358 g/mol. The van der Waals surface area contributed by atoms with Crippen molar-refractivity contribution in [1.29, 1.82) is 0 Å². The molecule has 0 atom stereocenters. The summed E-state index contributed by atoms with van der Waals surface area (Å²) in [6.07, 6.45) is 0. The van der Waals surface area contributed by atoms with Crippen molar-refractivity contribution < 1.29 is 22.1 Å². The molecule has 1 aliphatic heterocycles. The van der Waals surface area contributed by atoms with Crippen LogP contribution in [0.1, 0.15) is 16.7 Å². The van der Waals surface area contributed by atoms with Gasteiger partial charge in [-0.1, -0.05) is 29.3 Å². The Bertz CT molecular complexity index is 888. The highest BCUT2D eigenvalue weighted by molar-refractivity contribution is 7.89. The summed E-state index contributed by atoms with van der Waals surface area (Å²) in [7, 11) is -3.94. The summed E-state index contributed by atoms with van der Waals surface area (Å²) in [4.78, 5) is 0.831. The molecule has 1 fully saturated rings. The second kappa shape index (κ2) is 7.42. The highest BCUT2D eigenvalue weighted by Gasteiger charge is 2.32. The maximum Gasteiger partial charge on any atom is 0.246 e. The average molecular weight is 381 g/mol. The molecule has 0 saturated carbocycles. The zero-order valence-corrected chi connectivity index (χ0v) is 15.7. The van der Waals surface area contributed by atoms with Gasteiger partial charge in [0.05, 0.1) is 26.2 Å². The number of nitrogens with zero attached hydrogens (tertiary/aromatic N) is 1. The molecular formula is C19H23F2N2O2S+. The molecule has 1 aliphatic rings. The number of halogens is 2. The van der Waals surface area contributed by atoms with Gasteiger partial charge in [-0.15, -0.1) is 0 Å². The van der Waals surface area contributed by atoms with Crippen molar-refractivity contribution in [1.82, 2.24) is 4.31 Å². The Morgan fingerprint density at radius 1 is 1.00 bits per heavy atom. The van der Waals surface area contributed by atoms with E-state index in [1.165, 1.54) is 25.9 Å². The van der Waals surface area contributed by atoms with Gasteiger partial charge >= 0.3 is 0 Å². The summed E-state index contributed by atoms with van der Waals surface area (Å²) in [5.74, 6) is -1.83. The van der Waals surface area contributed by atoms with E-state index >= 15 is 0 Å². The third-order valence-electron chi connectivity index (χ3n) is 4.68. The van der Waals surface area contributed by atoms with E-state index in [-0.39, 0.29) is 0 Å². The Morgan fingerprint density at radius 2 is 1.62 bits per heavy atom. The van der Waals surface area contributed by atoms with Crippen LogP contribution in [0.3, 0.4) is 0 Å². The largest absolute Gasteiger partial charge is 0.329 e. The molecule has 1 saturated heterocycles. The fourth-order valence-corrected chi connectivity index (χ4v) is 4.99. The Morgan fingerprint density at radius 3 is 2.19 bits per heavy atom. The Labute approximate surface area is 153 Å². The molecule has 0 bridgehead atoms. The number of piperazine rings is 1. The lowest BCUT2D eigenvalue weighted by Gasteiger charge is -2.31. The number of benzene rings is 2. The molecule has 2 aromatic carbocycles. The molecule has 0 radical (unpaired) electrons. The Kier molecular flexibility index (Phi) is 5.41. The molecule has 2 aromatic rings. The van der Waals surface area contributed by atoms with E-state index in [4.69, 9.17) is 0 Å². The van der Waals surface area contributed by atoms with Crippen molar-refractivity contribution in [2.75, 3.05) is 26.2 Å². The van der Waals surface area contributed by atoms with Crippen LogP contribution >= 0.6 is 0 Å². The van der Waals surface area contributed by atoms with Gasteiger partial charge in [-0.25, -0.2) is 17.2 Å². The molecule has 0 spiro atoms. The van der Waals surface area contributed by atoms with Crippen molar-refractivity contribution in [2.24, 2.45) is 0 Å². The molecule has 140 valence electrons. The topological polar surface area (TPSA) is 41.8 Å². The van der Waals surface area contributed by atoms with Crippen LogP contribution in [0.15, 0.2) is 41.3 Å². The SMILES string of the molecule is Cc1cc(C)cc(C[NH+]2CCN(S(=O)(=O)c3ccc(F)cc3F)CC2)c1. The molecule has 0 unspecified atom stereocenters. The number of quaternary nitrogens is 1. The van der Waals surface area contributed by atoms with Crippen molar-refractivity contribution in [3.05, 3.63) is 64.7 Å².